The van der Waals surface area contributed by atoms with Gasteiger partial charge in [0.2, 0.25) is 0 Å². The lowest BCUT2D eigenvalue weighted by molar-refractivity contribution is 0.0949. The highest BCUT2D eigenvalue weighted by atomic mass is 32.1. The van der Waals surface area contributed by atoms with Crippen molar-refractivity contribution in [2.24, 2.45) is 5.92 Å². The van der Waals surface area contributed by atoms with Crippen LogP contribution in [0.1, 0.15) is 29.1 Å². The largest absolute Gasteiger partial charge is 0.384 e. The summed E-state index contributed by atoms with van der Waals surface area (Å²) in [4.78, 5) is 12.4. The van der Waals surface area contributed by atoms with Gasteiger partial charge in [-0.2, -0.15) is 0 Å². The van der Waals surface area contributed by atoms with Gasteiger partial charge in [0, 0.05) is 11.9 Å². The van der Waals surface area contributed by atoms with E-state index in [4.69, 9.17) is 5.11 Å². The lowest BCUT2D eigenvalue weighted by atomic mass is 10.2. The van der Waals surface area contributed by atoms with Crippen molar-refractivity contribution in [3.05, 3.63) is 21.9 Å². The third-order valence-corrected chi connectivity index (χ3v) is 2.67. The van der Waals surface area contributed by atoms with Gasteiger partial charge < -0.3 is 10.4 Å². The Balaban J connectivity index is 2.60. The predicted molar refractivity (Wildman–Crippen MR) is 65.5 cm³/mol. The molecule has 1 amide bonds. The first kappa shape index (κ1) is 12.8. The summed E-state index contributed by atoms with van der Waals surface area (Å²) in [6.07, 6.45) is 0. The number of carbonyl (C=O) groups excluding carboxylic acids is 1. The molecule has 4 heteroatoms. The fourth-order valence-corrected chi connectivity index (χ4v) is 1.80. The van der Waals surface area contributed by atoms with Gasteiger partial charge in [0.25, 0.3) is 5.91 Å². The zero-order valence-corrected chi connectivity index (χ0v) is 10.2. The van der Waals surface area contributed by atoms with E-state index in [0.29, 0.717) is 18.0 Å². The minimum Gasteiger partial charge on any atom is -0.384 e. The molecule has 16 heavy (non-hydrogen) atoms. The maximum atomic E-state index is 11.6. The molecule has 0 bridgehead atoms. The summed E-state index contributed by atoms with van der Waals surface area (Å²) in [7, 11) is 0. The third kappa shape index (κ3) is 4.05. The highest BCUT2D eigenvalue weighted by Crippen LogP contribution is 2.13. The van der Waals surface area contributed by atoms with Crippen molar-refractivity contribution in [2.45, 2.75) is 13.8 Å². The lowest BCUT2D eigenvalue weighted by Gasteiger charge is -2.05. The molecule has 86 valence electrons. The van der Waals surface area contributed by atoms with E-state index < -0.39 is 0 Å². The van der Waals surface area contributed by atoms with Gasteiger partial charge in [0.05, 0.1) is 10.4 Å². The summed E-state index contributed by atoms with van der Waals surface area (Å²) in [5.41, 5.74) is 0.632. The number of hydrogen-bond acceptors (Lipinski definition) is 3. The number of hydrogen-bond donors (Lipinski definition) is 2. The normalized spacial score (nSPS) is 9.75. The molecule has 0 saturated heterocycles. The number of thiophene rings is 1. The summed E-state index contributed by atoms with van der Waals surface area (Å²) in [6, 6.07) is 1.74. The summed E-state index contributed by atoms with van der Waals surface area (Å²) in [6.45, 7) is 4.61. The predicted octanol–water partition coefficient (Wildman–Crippen LogP) is 1.48. The average Bonchev–Trinajstić information content (AvgIpc) is 2.71. The van der Waals surface area contributed by atoms with E-state index in [1.165, 1.54) is 11.3 Å². The topological polar surface area (TPSA) is 49.3 Å². The summed E-state index contributed by atoms with van der Waals surface area (Å²) >= 11 is 1.41. The Hall–Kier alpha value is -1.31. The van der Waals surface area contributed by atoms with Gasteiger partial charge in [-0.25, -0.2) is 0 Å². The Kier molecular flexibility index (Phi) is 5.03. The fourth-order valence-electron chi connectivity index (χ4n) is 1.05. The van der Waals surface area contributed by atoms with Crippen molar-refractivity contribution in [1.82, 2.24) is 5.32 Å². The van der Waals surface area contributed by atoms with Gasteiger partial charge in [-0.15, -0.1) is 11.3 Å². The zero-order valence-electron chi connectivity index (χ0n) is 9.41. The van der Waals surface area contributed by atoms with E-state index in [2.05, 4.69) is 17.2 Å². The van der Waals surface area contributed by atoms with Crippen LogP contribution in [0.4, 0.5) is 0 Å². The minimum atomic E-state index is -0.160. The lowest BCUT2D eigenvalue weighted by Crippen LogP contribution is -2.26. The molecule has 0 fully saturated rings. The number of rotatable bonds is 3. The maximum absolute atomic E-state index is 11.6. The Morgan fingerprint density at radius 2 is 2.38 bits per heavy atom. The number of amides is 1. The Bertz CT molecular complexity index is 412. The average molecular weight is 237 g/mol. The smallest absolute Gasteiger partial charge is 0.252 e. The molecular weight excluding hydrogens is 222 g/mol. The standard InChI is InChI=1S/C12H15NO2S/c1-9(2)7-13-12(15)10-6-11(16-8-10)4-3-5-14/h6,8-9,14H,5,7H2,1-2H3,(H,13,15). The zero-order chi connectivity index (χ0) is 12.0. The van der Waals surface area contributed by atoms with Crippen LogP contribution in [0.15, 0.2) is 11.4 Å². The van der Waals surface area contributed by atoms with Gasteiger partial charge in [-0.3, -0.25) is 4.79 Å². The van der Waals surface area contributed by atoms with E-state index in [-0.39, 0.29) is 12.5 Å². The summed E-state index contributed by atoms with van der Waals surface area (Å²) in [5, 5.41) is 13.2. The highest BCUT2D eigenvalue weighted by Gasteiger charge is 2.07. The summed E-state index contributed by atoms with van der Waals surface area (Å²) < 4.78 is 0. The second-order valence-electron chi connectivity index (χ2n) is 3.76. The van der Waals surface area contributed by atoms with Crippen LogP contribution in [0.2, 0.25) is 0 Å². The van der Waals surface area contributed by atoms with E-state index in [9.17, 15) is 4.79 Å². The minimum absolute atomic E-state index is 0.0676. The van der Waals surface area contributed by atoms with Gasteiger partial charge in [0.1, 0.15) is 6.61 Å². The molecule has 0 aliphatic rings. The van der Waals surface area contributed by atoms with Gasteiger partial charge >= 0.3 is 0 Å². The molecule has 1 heterocycles. The van der Waals surface area contributed by atoms with Crippen molar-refractivity contribution in [2.75, 3.05) is 13.2 Å². The molecule has 0 aromatic carbocycles. The molecular formula is C12H15NO2S. The molecule has 0 saturated carbocycles. The number of aliphatic hydroxyl groups is 1. The Morgan fingerprint density at radius 1 is 1.62 bits per heavy atom. The highest BCUT2D eigenvalue weighted by molar-refractivity contribution is 7.10. The maximum Gasteiger partial charge on any atom is 0.252 e. The van der Waals surface area contributed by atoms with Crippen LogP contribution in [-0.4, -0.2) is 24.2 Å². The van der Waals surface area contributed by atoms with E-state index in [0.717, 1.165) is 4.88 Å². The van der Waals surface area contributed by atoms with Crippen LogP contribution in [0.5, 0.6) is 0 Å². The van der Waals surface area contributed by atoms with Crippen LogP contribution >= 0.6 is 11.3 Å². The van der Waals surface area contributed by atoms with Crippen LogP contribution in [-0.2, 0) is 0 Å². The van der Waals surface area contributed by atoms with Crippen LogP contribution in [0, 0.1) is 17.8 Å². The van der Waals surface area contributed by atoms with Crippen molar-refractivity contribution in [3.8, 4) is 11.8 Å². The Morgan fingerprint density at radius 3 is 3.00 bits per heavy atom. The Labute approximate surface area is 99.5 Å². The molecule has 1 rings (SSSR count). The van der Waals surface area contributed by atoms with Crippen LogP contribution in [0.3, 0.4) is 0 Å². The molecule has 1 aromatic heterocycles. The number of aliphatic hydroxyl groups excluding tert-OH is 1. The molecule has 0 unspecified atom stereocenters. The van der Waals surface area contributed by atoms with Gasteiger partial charge in [-0.1, -0.05) is 25.7 Å². The van der Waals surface area contributed by atoms with Gasteiger partial charge in [0.15, 0.2) is 0 Å². The van der Waals surface area contributed by atoms with E-state index in [1.54, 1.807) is 11.4 Å². The monoisotopic (exact) mass is 237 g/mol. The molecule has 0 radical (unpaired) electrons. The van der Waals surface area contributed by atoms with Crippen LogP contribution < -0.4 is 5.32 Å². The van der Waals surface area contributed by atoms with E-state index >= 15 is 0 Å². The quantitative estimate of drug-likeness (QED) is 0.782. The summed E-state index contributed by atoms with van der Waals surface area (Å²) in [5.74, 6) is 5.70. The molecule has 0 spiro atoms. The fraction of sp³-hybridized carbons (Fsp3) is 0.417. The first-order valence-electron chi connectivity index (χ1n) is 5.10. The van der Waals surface area contributed by atoms with Crippen molar-refractivity contribution >= 4 is 17.2 Å². The van der Waals surface area contributed by atoms with Crippen molar-refractivity contribution < 1.29 is 9.90 Å². The van der Waals surface area contributed by atoms with Crippen molar-refractivity contribution in [1.29, 1.82) is 0 Å². The SMILES string of the molecule is CC(C)CNC(=O)c1csc(C#CCO)c1. The molecule has 3 nitrogen and oxygen atoms in total. The van der Waals surface area contributed by atoms with Crippen molar-refractivity contribution in [3.63, 3.8) is 0 Å². The second kappa shape index (κ2) is 6.31. The first-order chi connectivity index (χ1) is 7.63. The molecule has 1 aromatic rings. The number of nitrogens with one attached hydrogen (secondary N) is 1. The molecule has 0 atom stereocenters. The third-order valence-electron chi connectivity index (χ3n) is 1.82. The molecule has 0 aliphatic heterocycles. The van der Waals surface area contributed by atoms with Gasteiger partial charge in [-0.05, 0) is 12.0 Å². The molecule has 0 aliphatic carbocycles. The van der Waals surface area contributed by atoms with Crippen LogP contribution in [0.25, 0.3) is 0 Å². The van der Waals surface area contributed by atoms with E-state index in [1.807, 2.05) is 13.8 Å². The molecule has 2 N–H and O–H groups in total. The first-order valence-corrected chi connectivity index (χ1v) is 5.98. The number of carbonyl (C=O) groups is 1. The second-order valence-corrected chi connectivity index (χ2v) is 4.67.